The molecule has 1 fully saturated rings. The van der Waals surface area contributed by atoms with E-state index in [1.165, 1.54) is 4.74 Å². The van der Waals surface area contributed by atoms with E-state index in [2.05, 4.69) is 0 Å². The van der Waals surface area contributed by atoms with Crippen molar-refractivity contribution in [1.29, 1.82) is 0 Å². The van der Waals surface area contributed by atoms with E-state index in [9.17, 15) is 4.79 Å². The quantitative estimate of drug-likeness (QED) is 0.671. The van der Waals surface area contributed by atoms with Crippen LogP contribution in [-0.4, -0.2) is 4.74 Å². The van der Waals surface area contributed by atoms with Gasteiger partial charge >= 0.3 is 0 Å². The second-order valence-electron chi connectivity index (χ2n) is 3.34. The van der Waals surface area contributed by atoms with Gasteiger partial charge in [0.2, 0.25) is 0 Å². The number of hydrogen-bond acceptors (Lipinski definition) is 2. The Morgan fingerprint density at radius 1 is 1.58 bits per heavy atom. The second-order valence-corrected chi connectivity index (χ2v) is 3.34. The minimum Gasteiger partial charge on any atom is -0.381 e. The molecular weight excluding hydrogens is 154 g/mol. The fourth-order valence-electron chi connectivity index (χ4n) is 1.48. The Morgan fingerprint density at radius 2 is 2.25 bits per heavy atom. The van der Waals surface area contributed by atoms with Gasteiger partial charge < -0.3 is 4.52 Å². The van der Waals surface area contributed by atoms with Crippen molar-refractivity contribution in [2.45, 2.75) is 39.2 Å². The fourth-order valence-corrected chi connectivity index (χ4v) is 1.48. The molecule has 1 heterocycles. The van der Waals surface area contributed by atoms with Crippen molar-refractivity contribution in [3.63, 3.8) is 0 Å². The van der Waals surface area contributed by atoms with Crippen LogP contribution in [0.25, 0.3) is 0 Å². The molecule has 0 unspecified atom stereocenters. The summed E-state index contributed by atoms with van der Waals surface area (Å²) in [4.78, 5) is 11.6. The molecule has 2 rings (SSSR count). The van der Waals surface area contributed by atoms with E-state index in [1.807, 2.05) is 13.8 Å². The summed E-state index contributed by atoms with van der Waals surface area (Å²) >= 11 is 0. The molecule has 1 aliphatic rings. The highest BCUT2D eigenvalue weighted by molar-refractivity contribution is 5.13. The van der Waals surface area contributed by atoms with Crippen molar-refractivity contribution in [3.8, 4) is 0 Å². The Morgan fingerprint density at radius 3 is 2.67 bits per heavy atom. The molecular formula is C9H13NO2. The van der Waals surface area contributed by atoms with Crippen molar-refractivity contribution < 1.29 is 4.52 Å². The van der Waals surface area contributed by atoms with Crippen molar-refractivity contribution in [2.75, 3.05) is 0 Å². The third kappa shape index (κ3) is 1.00. The Kier molecular flexibility index (Phi) is 1.60. The van der Waals surface area contributed by atoms with Gasteiger partial charge in [-0.2, -0.15) is 4.74 Å². The van der Waals surface area contributed by atoms with Crippen LogP contribution in [0.4, 0.5) is 0 Å². The summed E-state index contributed by atoms with van der Waals surface area (Å²) in [6, 6.07) is 0.358. The number of aromatic nitrogens is 1. The van der Waals surface area contributed by atoms with Gasteiger partial charge in [-0.3, -0.25) is 4.79 Å². The fraction of sp³-hybridized carbons (Fsp3) is 0.667. The average Bonchev–Trinajstić information content (AvgIpc) is 2.80. The first-order valence-electron chi connectivity index (χ1n) is 4.45. The second kappa shape index (κ2) is 2.51. The number of nitrogens with zero attached hydrogens (tertiary/aromatic N) is 1. The Labute approximate surface area is 71.0 Å². The lowest BCUT2D eigenvalue weighted by Gasteiger charge is -1.91. The molecule has 3 heteroatoms. The van der Waals surface area contributed by atoms with E-state index in [0.29, 0.717) is 6.04 Å². The monoisotopic (exact) mass is 167 g/mol. The molecule has 3 nitrogen and oxygen atoms in total. The van der Waals surface area contributed by atoms with Crippen LogP contribution in [-0.2, 0) is 6.42 Å². The van der Waals surface area contributed by atoms with Crippen LogP contribution in [0.5, 0.6) is 0 Å². The van der Waals surface area contributed by atoms with E-state index < -0.39 is 0 Å². The lowest BCUT2D eigenvalue weighted by Crippen LogP contribution is -2.15. The zero-order chi connectivity index (χ0) is 8.72. The van der Waals surface area contributed by atoms with Gasteiger partial charge in [0.25, 0.3) is 5.56 Å². The molecule has 0 atom stereocenters. The molecule has 0 amide bonds. The Bertz CT molecular complexity index is 344. The van der Waals surface area contributed by atoms with E-state index >= 15 is 0 Å². The predicted octanol–water partition coefficient (Wildman–Crippen LogP) is 1.65. The first-order chi connectivity index (χ1) is 5.74. The number of rotatable bonds is 2. The summed E-state index contributed by atoms with van der Waals surface area (Å²) in [5.41, 5.74) is 0.916. The van der Waals surface area contributed by atoms with Crippen LogP contribution in [0.3, 0.4) is 0 Å². The molecule has 1 aliphatic carbocycles. The van der Waals surface area contributed by atoms with Crippen LogP contribution < -0.4 is 5.56 Å². The third-order valence-corrected chi connectivity index (χ3v) is 2.35. The highest BCUT2D eigenvalue weighted by Crippen LogP contribution is 2.34. The summed E-state index contributed by atoms with van der Waals surface area (Å²) in [5.74, 6) is 0.786. The standard InChI is InChI=1S/C9H13NO2/c1-3-8-6(2)12-10(9(8)11)7-4-5-7/h7H,3-5H2,1-2H3. The molecule has 0 spiro atoms. The van der Waals surface area contributed by atoms with Gasteiger partial charge in [-0.05, 0) is 26.2 Å². The van der Waals surface area contributed by atoms with Crippen molar-refractivity contribution in [3.05, 3.63) is 21.7 Å². The average molecular weight is 167 g/mol. The van der Waals surface area contributed by atoms with Gasteiger partial charge in [-0.15, -0.1) is 0 Å². The molecule has 0 N–H and O–H groups in total. The van der Waals surface area contributed by atoms with E-state index in [4.69, 9.17) is 4.52 Å². The zero-order valence-corrected chi connectivity index (χ0v) is 7.46. The maximum absolute atomic E-state index is 11.6. The van der Waals surface area contributed by atoms with Gasteiger partial charge in [-0.25, -0.2) is 0 Å². The molecule has 0 radical (unpaired) electrons. The van der Waals surface area contributed by atoms with Crippen LogP contribution in [0.15, 0.2) is 9.32 Å². The van der Waals surface area contributed by atoms with Crippen molar-refractivity contribution in [1.82, 2.24) is 4.74 Å². The highest BCUT2D eigenvalue weighted by Gasteiger charge is 2.28. The van der Waals surface area contributed by atoms with Gasteiger partial charge in [0, 0.05) is 0 Å². The normalized spacial score (nSPS) is 16.8. The predicted molar refractivity (Wildman–Crippen MR) is 45.4 cm³/mol. The van der Waals surface area contributed by atoms with Crippen LogP contribution in [0, 0.1) is 6.92 Å². The molecule has 0 bridgehead atoms. The van der Waals surface area contributed by atoms with E-state index in [1.54, 1.807) is 0 Å². The molecule has 1 saturated carbocycles. The molecule has 66 valence electrons. The lowest BCUT2D eigenvalue weighted by molar-refractivity contribution is 0.250. The summed E-state index contributed by atoms with van der Waals surface area (Å²) in [5, 5.41) is 0. The minimum atomic E-state index is 0.0810. The van der Waals surface area contributed by atoms with Crippen LogP contribution >= 0.6 is 0 Å². The third-order valence-electron chi connectivity index (χ3n) is 2.35. The molecule has 0 aromatic carbocycles. The van der Waals surface area contributed by atoms with Crippen LogP contribution in [0.1, 0.15) is 37.1 Å². The largest absolute Gasteiger partial charge is 0.381 e. The molecule has 0 saturated heterocycles. The zero-order valence-electron chi connectivity index (χ0n) is 7.46. The topological polar surface area (TPSA) is 35.1 Å². The first kappa shape index (κ1) is 7.65. The van der Waals surface area contributed by atoms with Crippen LogP contribution in [0.2, 0.25) is 0 Å². The van der Waals surface area contributed by atoms with Crippen molar-refractivity contribution in [2.24, 2.45) is 0 Å². The van der Waals surface area contributed by atoms with Crippen molar-refractivity contribution >= 4 is 0 Å². The number of aryl methyl sites for hydroxylation is 1. The highest BCUT2D eigenvalue weighted by atomic mass is 16.5. The molecule has 1 aromatic rings. The molecule has 12 heavy (non-hydrogen) atoms. The maximum atomic E-state index is 11.6. The summed E-state index contributed by atoms with van der Waals surface area (Å²) in [6.45, 7) is 3.84. The first-order valence-corrected chi connectivity index (χ1v) is 4.45. The number of hydrogen-bond donors (Lipinski definition) is 0. The SMILES string of the molecule is CCc1c(C)on(C2CC2)c1=O. The minimum absolute atomic E-state index is 0.0810. The van der Waals surface area contributed by atoms with Gasteiger partial charge in [-0.1, -0.05) is 6.92 Å². The van der Waals surface area contributed by atoms with Gasteiger partial charge in [0.05, 0.1) is 11.6 Å². The molecule has 0 aliphatic heterocycles. The molecule has 1 aromatic heterocycles. The Balaban J connectivity index is 2.50. The van der Waals surface area contributed by atoms with E-state index in [0.717, 1.165) is 30.6 Å². The Hall–Kier alpha value is -0.990. The van der Waals surface area contributed by atoms with Gasteiger partial charge in [0.15, 0.2) is 0 Å². The summed E-state index contributed by atoms with van der Waals surface area (Å²) in [6.07, 6.45) is 2.96. The van der Waals surface area contributed by atoms with Gasteiger partial charge in [0.1, 0.15) is 5.76 Å². The smallest absolute Gasteiger partial charge is 0.286 e. The van der Waals surface area contributed by atoms with E-state index in [-0.39, 0.29) is 5.56 Å². The lowest BCUT2D eigenvalue weighted by atomic mass is 10.2. The summed E-state index contributed by atoms with van der Waals surface area (Å²) in [7, 11) is 0. The summed E-state index contributed by atoms with van der Waals surface area (Å²) < 4.78 is 6.90. The maximum Gasteiger partial charge on any atom is 0.286 e.